The van der Waals surface area contributed by atoms with Crippen LogP contribution in [0.15, 0.2) is 48.5 Å². The van der Waals surface area contributed by atoms with E-state index in [1.165, 1.54) is 11.3 Å². The van der Waals surface area contributed by atoms with Crippen LogP contribution in [0.25, 0.3) is 10.6 Å². The van der Waals surface area contributed by atoms with Crippen LogP contribution in [0.1, 0.15) is 27.9 Å². The van der Waals surface area contributed by atoms with E-state index < -0.39 is 0 Å². The standard InChI is InChI=1S/C21H19N3O2S/c1-13-19(27-21(22-13)16-6-4-3-5-7-16)20(26)23-17-9-8-15-10-11-24(14(2)25)18(15)12-17/h3-9,12H,10-11H2,1-2H3,(H,23,26). The maximum atomic E-state index is 12.8. The number of fused-ring (bicyclic) bond motifs is 1. The van der Waals surface area contributed by atoms with Crippen molar-refractivity contribution in [2.75, 3.05) is 16.8 Å². The van der Waals surface area contributed by atoms with E-state index in [0.29, 0.717) is 22.8 Å². The normalized spacial score (nSPS) is 12.7. The van der Waals surface area contributed by atoms with Gasteiger partial charge in [0, 0.05) is 30.4 Å². The lowest BCUT2D eigenvalue weighted by atomic mass is 10.1. The lowest BCUT2D eigenvalue weighted by Gasteiger charge is -2.15. The number of aromatic nitrogens is 1. The molecular weight excluding hydrogens is 358 g/mol. The Bertz CT molecular complexity index is 1030. The third-order valence-corrected chi connectivity index (χ3v) is 5.85. The topological polar surface area (TPSA) is 62.3 Å². The number of hydrogen-bond acceptors (Lipinski definition) is 4. The zero-order chi connectivity index (χ0) is 19.0. The lowest BCUT2D eigenvalue weighted by Crippen LogP contribution is -2.25. The number of carbonyl (C=O) groups is 2. The molecule has 0 atom stereocenters. The lowest BCUT2D eigenvalue weighted by molar-refractivity contribution is -0.116. The van der Waals surface area contributed by atoms with Gasteiger partial charge in [0.1, 0.15) is 9.88 Å². The van der Waals surface area contributed by atoms with Crippen molar-refractivity contribution in [2.24, 2.45) is 0 Å². The first-order valence-electron chi connectivity index (χ1n) is 8.78. The van der Waals surface area contributed by atoms with Gasteiger partial charge < -0.3 is 10.2 Å². The zero-order valence-corrected chi connectivity index (χ0v) is 16.0. The third kappa shape index (κ3) is 3.36. The first-order valence-corrected chi connectivity index (χ1v) is 9.60. The second-order valence-electron chi connectivity index (χ2n) is 6.52. The number of rotatable bonds is 3. The van der Waals surface area contributed by atoms with Crippen molar-refractivity contribution in [1.29, 1.82) is 0 Å². The van der Waals surface area contributed by atoms with Gasteiger partial charge >= 0.3 is 0 Å². The van der Waals surface area contributed by atoms with Crippen LogP contribution < -0.4 is 10.2 Å². The molecule has 0 radical (unpaired) electrons. The number of carbonyl (C=O) groups excluding carboxylic acids is 2. The summed E-state index contributed by atoms with van der Waals surface area (Å²) in [6, 6.07) is 15.6. The Morgan fingerprint density at radius 2 is 1.93 bits per heavy atom. The summed E-state index contributed by atoms with van der Waals surface area (Å²) in [4.78, 5) is 31.4. The first kappa shape index (κ1) is 17.4. The summed E-state index contributed by atoms with van der Waals surface area (Å²) in [5.41, 5.74) is 4.40. The molecule has 27 heavy (non-hydrogen) atoms. The minimum Gasteiger partial charge on any atom is -0.321 e. The number of nitrogens with zero attached hydrogens (tertiary/aromatic N) is 2. The Labute approximate surface area is 161 Å². The Morgan fingerprint density at radius 1 is 1.15 bits per heavy atom. The van der Waals surface area contributed by atoms with E-state index in [0.717, 1.165) is 28.2 Å². The molecule has 136 valence electrons. The van der Waals surface area contributed by atoms with Crippen molar-refractivity contribution in [2.45, 2.75) is 20.3 Å². The molecule has 0 saturated carbocycles. The van der Waals surface area contributed by atoms with Crippen LogP contribution >= 0.6 is 11.3 Å². The van der Waals surface area contributed by atoms with Crippen molar-refractivity contribution < 1.29 is 9.59 Å². The quantitative estimate of drug-likeness (QED) is 0.741. The number of aryl methyl sites for hydroxylation is 1. The zero-order valence-electron chi connectivity index (χ0n) is 15.2. The summed E-state index contributed by atoms with van der Waals surface area (Å²) < 4.78 is 0. The van der Waals surface area contributed by atoms with Crippen LogP contribution in [-0.2, 0) is 11.2 Å². The Morgan fingerprint density at radius 3 is 2.67 bits per heavy atom. The van der Waals surface area contributed by atoms with Gasteiger partial charge in [-0.2, -0.15) is 0 Å². The molecule has 3 aromatic rings. The highest BCUT2D eigenvalue weighted by atomic mass is 32.1. The van der Waals surface area contributed by atoms with E-state index in [4.69, 9.17) is 0 Å². The van der Waals surface area contributed by atoms with Gasteiger partial charge in [-0.15, -0.1) is 11.3 Å². The van der Waals surface area contributed by atoms with E-state index in [-0.39, 0.29) is 11.8 Å². The van der Waals surface area contributed by atoms with Gasteiger partial charge in [0.05, 0.1) is 5.69 Å². The maximum Gasteiger partial charge on any atom is 0.267 e. The molecule has 1 aliphatic rings. The molecular formula is C21H19N3O2S. The molecule has 2 aromatic carbocycles. The summed E-state index contributed by atoms with van der Waals surface area (Å²) in [6.45, 7) is 4.10. The molecule has 1 aromatic heterocycles. The molecule has 0 spiro atoms. The molecule has 6 heteroatoms. The minimum atomic E-state index is -0.181. The molecule has 2 heterocycles. The fourth-order valence-electron chi connectivity index (χ4n) is 3.28. The van der Waals surface area contributed by atoms with Gasteiger partial charge in [0.2, 0.25) is 5.91 Å². The number of amides is 2. The van der Waals surface area contributed by atoms with E-state index in [9.17, 15) is 9.59 Å². The van der Waals surface area contributed by atoms with E-state index in [1.807, 2.05) is 55.5 Å². The van der Waals surface area contributed by atoms with Crippen molar-refractivity contribution in [1.82, 2.24) is 4.98 Å². The van der Waals surface area contributed by atoms with Gasteiger partial charge in [-0.05, 0) is 31.0 Å². The van der Waals surface area contributed by atoms with Crippen LogP contribution in [0.5, 0.6) is 0 Å². The van der Waals surface area contributed by atoms with Crippen LogP contribution in [0, 0.1) is 6.92 Å². The van der Waals surface area contributed by atoms with Crippen LogP contribution in [0.2, 0.25) is 0 Å². The SMILES string of the molecule is CC(=O)N1CCc2ccc(NC(=O)c3sc(-c4ccccc4)nc3C)cc21. The van der Waals surface area contributed by atoms with Gasteiger partial charge in [0.15, 0.2) is 0 Å². The van der Waals surface area contributed by atoms with Crippen LogP contribution in [0.4, 0.5) is 11.4 Å². The summed E-state index contributed by atoms with van der Waals surface area (Å²) in [7, 11) is 0. The molecule has 0 fully saturated rings. The highest BCUT2D eigenvalue weighted by Gasteiger charge is 2.23. The third-order valence-electron chi connectivity index (χ3n) is 4.64. The molecule has 2 amide bonds. The Hall–Kier alpha value is -2.99. The highest BCUT2D eigenvalue weighted by molar-refractivity contribution is 7.17. The van der Waals surface area contributed by atoms with Gasteiger partial charge in [0.25, 0.3) is 5.91 Å². The molecule has 5 nitrogen and oxygen atoms in total. The number of benzene rings is 2. The second kappa shape index (κ2) is 6.96. The summed E-state index contributed by atoms with van der Waals surface area (Å²) in [6.07, 6.45) is 0.845. The Balaban J connectivity index is 1.58. The largest absolute Gasteiger partial charge is 0.321 e. The molecule has 0 unspecified atom stereocenters. The summed E-state index contributed by atoms with van der Waals surface area (Å²) >= 11 is 1.38. The van der Waals surface area contributed by atoms with Gasteiger partial charge in [-0.1, -0.05) is 36.4 Å². The number of nitrogens with one attached hydrogen (secondary N) is 1. The smallest absolute Gasteiger partial charge is 0.267 e. The monoisotopic (exact) mass is 377 g/mol. The predicted molar refractivity (Wildman–Crippen MR) is 108 cm³/mol. The van der Waals surface area contributed by atoms with E-state index in [2.05, 4.69) is 10.3 Å². The van der Waals surface area contributed by atoms with Gasteiger partial charge in [-0.3, -0.25) is 9.59 Å². The first-order chi connectivity index (χ1) is 13.0. The van der Waals surface area contributed by atoms with Crippen molar-refractivity contribution in [3.05, 3.63) is 64.7 Å². The highest BCUT2D eigenvalue weighted by Crippen LogP contribution is 2.32. The second-order valence-corrected chi connectivity index (χ2v) is 7.52. The van der Waals surface area contributed by atoms with Crippen molar-refractivity contribution in [3.63, 3.8) is 0 Å². The summed E-state index contributed by atoms with van der Waals surface area (Å²) in [5, 5.41) is 3.78. The van der Waals surface area contributed by atoms with Gasteiger partial charge in [-0.25, -0.2) is 4.98 Å². The van der Waals surface area contributed by atoms with Crippen LogP contribution in [0.3, 0.4) is 0 Å². The molecule has 0 bridgehead atoms. The summed E-state index contributed by atoms with van der Waals surface area (Å²) in [5.74, 6) is -0.164. The molecule has 0 saturated heterocycles. The minimum absolute atomic E-state index is 0.0167. The predicted octanol–water partition coefficient (Wildman–Crippen LogP) is 4.28. The average molecular weight is 377 g/mol. The number of anilines is 2. The maximum absolute atomic E-state index is 12.8. The average Bonchev–Trinajstić information content (AvgIpc) is 3.26. The molecule has 4 rings (SSSR count). The fourth-order valence-corrected chi connectivity index (χ4v) is 4.25. The number of thiazole rings is 1. The molecule has 0 aliphatic carbocycles. The van der Waals surface area contributed by atoms with E-state index >= 15 is 0 Å². The fraction of sp³-hybridized carbons (Fsp3) is 0.190. The molecule has 1 N–H and O–H groups in total. The van der Waals surface area contributed by atoms with Crippen molar-refractivity contribution in [3.8, 4) is 10.6 Å². The van der Waals surface area contributed by atoms with E-state index in [1.54, 1.807) is 11.8 Å². The number of hydrogen-bond donors (Lipinski definition) is 1. The molecule has 1 aliphatic heterocycles. The van der Waals surface area contributed by atoms with Crippen molar-refractivity contribution >= 4 is 34.5 Å². The Kier molecular flexibility index (Phi) is 4.49. The van der Waals surface area contributed by atoms with Crippen LogP contribution in [-0.4, -0.2) is 23.3 Å².